The Morgan fingerprint density at radius 3 is 2.69 bits per heavy atom. The molecule has 0 radical (unpaired) electrons. The Balaban J connectivity index is 2.77. The molecule has 0 spiro atoms. The molecular formula is C12H12Cl2O2. The van der Waals surface area contributed by atoms with Crippen molar-refractivity contribution < 1.29 is 9.53 Å². The van der Waals surface area contributed by atoms with Crippen molar-refractivity contribution in [1.29, 1.82) is 0 Å². The first-order chi connectivity index (χ1) is 7.54. The average molecular weight is 259 g/mol. The minimum atomic E-state index is -0.560. The minimum absolute atomic E-state index is 0.103. The standard InChI is InChI=1S/C12H12Cl2O2/c1-3-4-11(15)8(2)16-12-6-5-9(13)7-10(12)14/h3-8H,1-2H3/b4-3+. The van der Waals surface area contributed by atoms with E-state index < -0.39 is 6.10 Å². The topological polar surface area (TPSA) is 26.3 Å². The fourth-order valence-corrected chi connectivity index (χ4v) is 1.57. The second-order valence-electron chi connectivity index (χ2n) is 3.24. The maximum atomic E-state index is 11.4. The molecule has 0 aliphatic rings. The summed E-state index contributed by atoms with van der Waals surface area (Å²) in [6.45, 7) is 3.45. The molecule has 1 aromatic rings. The lowest BCUT2D eigenvalue weighted by atomic mass is 10.2. The number of benzene rings is 1. The van der Waals surface area contributed by atoms with Crippen LogP contribution in [0.2, 0.25) is 10.0 Å². The van der Waals surface area contributed by atoms with Crippen molar-refractivity contribution in [1.82, 2.24) is 0 Å². The predicted molar refractivity (Wildman–Crippen MR) is 66.4 cm³/mol. The quantitative estimate of drug-likeness (QED) is 0.766. The Morgan fingerprint density at radius 1 is 1.44 bits per heavy atom. The van der Waals surface area contributed by atoms with Crippen LogP contribution in [-0.2, 0) is 4.79 Å². The fraction of sp³-hybridized carbons (Fsp3) is 0.250. The molecule has 0 N–H and O–H groups in total. The third-order valence-electron chi connectivity index (χ3n) is 1.93. The highest BCUT2D eigenvalue weighted by Crippen LogP contribution is 2.28. The van der Waals surface area contributed by atoms with Gasteiger partial charge in [0.15, 0.2) is 11.9 Å². The van der Waals surface area contributed by atoms with Crippen molar-refractivity contribution in [3.05, 3.63) is 40.4 Å². The van der Waals surface area contributed by atoms with Gasteiger partial charge in [-0.1, -0.05) is 29.3 Å². The van der Waals surface area contributed by atoms with Crippen LogP contribution in [0, 0.1) is 0 Å². The van der Waals surface area contributed by atoms with Crippen LogP contribution in [0.15, 0.2) is 30.4 Å². The van der Waals surface area contributed by atoms with Crippen LogP contribution < -0.4 is 4.74 Å². The third-order valence-corrected chi connectivity index (χ3v) is 2.46. The van der Waals surface area contributed by atoms with Crippen LogP contribution in [0.25, 0.3) is 0 Å². The van der Waals surface area contributed by atoms with Gasteiger partial charge in [-0.3, -0.25) is 4.79 Å². The van der Waals surface area contributed by atoms with Crippen LogP contribution in [0.1, 0.15) is 13.8 Å². The van der Waals surface area contributed by atoms with Gasteiger partial charge < -0.3 is 4.74 Å². The first-order valence-electron chi connectivity index (χ1n) is 4.83. The number of carbonyl (C=O) groups excluding carboxylic acids is 1. The molecule has 0 saturated carbocycles. The van der Waals surface area contributed by atoms with E-state index in [4.69, 9.17) is 27.9 Å². The molecule has 0 aromatic heterocycles. The lowest BCUT2D eigenvalue weighted by Gasteiger charge is -2.13. The largest absolute Gasteiger partial charge is 0.481 e. The molecule has 1 atom stereocenters. The highest BCUT2D eigenvalue weighted by atomic mass is 35.5. The van der Waals surface area contributed by atoms with E-state index in [0.29, 0.717) is 15.8 Å². The molecule has 0 aliphatic carbocycles. The maximum absolute atomic E-state index is 11.4. The Bertz CT molecular complexity index is 413. The highest BCUT2D eigenvalue weighted by molar-refractivity contribution is 6.35. The van der Waals surface area contributed by atoms with Crippen molar-refractivity contribution in [3.8, 4) is 5.75 Å². The molecule has 4 heteroatoms. The van der Waals surface area contributed by atoms with Gasteiger partial charge in [-0.05, 0) is 38.1 Å². The average Bonchev–Trinajstić information content (AvgIpc) is 2.22. The predicted octanol–water partition coefficient (Wildman–Crippen LogP) is 3.91. The molecule has 1 rings (SSSR count). The summed E-state index contributed by atoms with van der Waals surface area (Å²) in [6, 6.07) is 4.88. The van der Waals surface area contributed by atoms with Crippen LogP contribution >= 0.6 is 23.2 Å². The monoisotopic (exact) mass is 258 g/mol. The minimum Gasteiger partial charge on any atom is -0.481 e. The van der Waals surface area contributed by atoms with E-state index in [-0.39, 0.29) is 5.78 Å². The number of allylic oxidation sites excluding steroid dienone is 1. The van der Waals surface area contributed by atoms with Gasteiger partial charge >= 0.3 is 0 Å². The second kappa shape index (κ2) is 5.92. The summed E-state index contributed by atoms with van der Waals surface area (Å²) in [5, 5.41) is 0.928. The summed E-state index contributed by atoms with van der Waals surface area (Å²) in [7, 11) is 0. The number of rotatable bonds is 4. The highest BCUT2D eigenvalue weighted by Gasteiger charge is 2.13. The molecule has 1 aromatic carbocycles. The summed E-state index contributed by atoms with van der Waals surface area (Å²) in [5.74, 6) is 0.352. The van der Waals surface area contributed by atoms with Crippen LogP contribution in [0.3, 0.4) is 0 Å². The number of ketones is 1. The number of halogens is 2. The Morgan fingerprint density at radius 2 is 2.12 bits per heavy atom. The van der Waals surface area contributed by atoms with Crippen molar-refractivity contribution in [2.24, 2.45) is 0 Å². The fourth-order valence-electron chi connectivity index (χ4n) is 1.12. The smallest absolute Gasteiger partial charge is 0.195 e. The SMILES string of the molecule is C/C=C/C(=O)C(C)Oc1ccc(Cl)cc1Cl. The summed E-state index contributed by atoms with van der Waals surface area (Å²) >= 11 is 11.7. The van der Waals surface area contributed by atoms with Gasteiger partial charge in [0, 0.05) is 5.02 Å². The van der Waals surface area contributed by atoms with Gasteiger partial charge in [0.1, 0.15) is 5.75 Å². The maximum Gasteiger partial charge on any atom is 0.195 e. The summed E-state index contributed by atoms with van der Waals surface area (Å²) in [4.78, 5) is 11.4. The van der Waals surface area contributed by atoms with Crippen molar-refractivity contribution in [2.75, 3.05) is 0 Å². The van der Waals surface area contributed by atoms with Gasteiger partial charge in [0.25, 0.3) is 0 Å². The molecule has 0 aliphatic heterocycles. The number of hydrogen-bond donors (Lipinski definition) is 0. The van der Waals surface area contributed by atoms with Crippen molar-refractivity contribution in [2.45, 2.75) is 20.0 Å². The number of ether oxygens (including phenoxy) is 1. The first kappa shape index (κ1) is 13.1. The van der Waals surface area contributed by atoms with Crippen molar-refractivity contribution in [3.63, 3.8) is 0 Å². The molecule has 0 heterocycles. The molecular weight excluding hydrogens is 247 g/mol. The Labute approximate surface area is 105 Å². The molecule has 0 bridgehead atoms. The van der Waals surface area contributed by atoms with E-state index in [1.165, 1.54) is 6.08 Å². The summed E-state index contributed by atoms with van der Waals surface area (Å²) in [6.07, 6.45) is 2.58. The van der Waals surface area contributed by atoms with Crippen molar-refractivity contribution >= 4 is 29.0 Å². The van der Waals surface area contributed by atoms with Crippen LogP contribution in [0.5, 0.6) is 5.75 Å². The third kappa shape index (κ3) is 3.54. The molecule has 0 saturated heterocycles. The van der Waals surface area contributed by atoms with E-state index in [0.717, 1.165) is 0 Å². The van der Waals surface area contributed by atoms with Gasteiger partial charge in [-0.25, -0.2) is 0 Å². The normalized spacial score (nSPS) is 12.8. The number of carbonyl (C=O) groups is 1. The molecule has 86 valence electrons. The molecule has 0 amide bonds. The van der Waals surface area contributed by atoms with Crippen LogP contribution in [0.4, 0.5) is 0 Å². The van der Waals surface area contributed by atoms with Crippen LogP contribution in [-0.4, -0.2) is 11.9 Å². The van der Waals surface area contributed by atoms with E-state index in [1.54, 1.807) is 38.1 Å². The van der Waals surface area contributed by atoms with Gasteiger partial charge in [0.2, 0.25) is 0 Å². The molecule has 0 fully saturated rings. The van der Waals surface area contributed by atoms with Gasteiger partial charge in [0.05, 0.1) is 5.02 Å². The molecule has 2 nitrogen and oxygen atoms in total. The zero-order chi connectivity index (χ0) is 12.1. The van der Waals surface area contributed by atoms with Gasteiger partial charge in [-0.2, -0.15) is 0 Å². The van der Waals surface area contributed by atoms with E-state index >= 15 is 0 Å². The Hall–Kier alpha value is -0.990. The zero-order valence-corrected chi connectivity index (χ0v) is 10.5. The van der Waals surface area contributed by atoms with E-state index in [1.807, 2.05) is 0 Å². The van der Waals surface area contributed by atoms with Gasteiger partial charge in [-0.15, -0.1) is 0 Å². The lowest BCUT2D eigenvalue weighted by molar-refractivity contribution is -0.120. The second-order valence-corrected chi connectivity index (χ2v) is 4.08. The number of hydrogen-bond acceptors (Lipinski definition) is 2. The first-order valence-corrected chi connectivity index (χ1v) is 5.58. The summed E-state index contributed by atoms with van der Waals surface area (Å²) < 4.78 is 5.42. The molecule has 16 heavy (non-hydrogen) atoms. The lowest BCUT2D eigenvalue weighted by Crippen LogP contribution is -2.21. The zero-order valence-electron chi connectivity index (χ0n) is 9.04. The molecule has 1 unspecified atom stereocenters. The Kier molecular flexibility index (Phi) is 4.84. The van der Waals surface area contributed by atoms with E-state index in [2.05, 4.69) is 0 Å². The van der Waals surface area contributed by atoms with E-state index in [9.17, 15) is 4.79 Å². The summed E-state index contributed by atoms with van der Waals surface area (Å²) in [5.41, 5.74) is 0.